The lowest BCUT2D eigenvalue weighted by atomic mass is 10.2. The minimum atomic E-state index is -3.70. The van der Waals surface area contributed by atoms with Gasteiger partial charge < -0.3 is 0 Å². The van der Waals surface area contributed by atoms with Gasteiger partial charge in [0.05, 0.1) is 4.90 Å². The molecule has 2 rings (SSSR count). The van der Waals surface area contributed by atoms with Crippen LogP contribution in [0.3, 0.4) is 0 Å². The molecule has 1 aromatic carbocycles. The summed E-state index contributed by atoms with van der Waals surface area (Å²) in [5, 5.41) is 13.9. The molecule has 0 bridgehead atoms. The molecule has 0 unspecified atom stereocenters. The Morgan fingerprint density at radius 2 is 2.06 bits per heavy atom. The van der Waals surface area contributed by atoms with Crippen LogP contribution >= 0.6 is 23.1 Å². The first-order valence-corrected chi connectivity index (χ1v) is 8.56. The second kappa shape index (κ2) is 5.35. The van der Waals surface area contributed by atoms with Gasteiger partial charge in [-0.1, -0.05) is 41.3 Å². The third-order valence-corrected chi connectivity index (χ3v) is 5.15. The maximum Gasteiger partial charge on any atom is 0.238 e. The third kappa shape index (κ3) is 3.08. The van der Waals surface area contributed by atoms with Crippen LogP contribution in [0.1, 0.15) is 10.6 Å². The summed E-state index contributed by atoms with van der Waals surface area (Å²) in [6.07, 6.45) is 2.34. The summed E-state index contributed by atoms with van der Waals surface area (Å²) in [4.78, 5) is 0.144. The normalized spacial score (nSPS) is 11.7. The fourth-order valence-electron chi connectivity index (χ4n) is 1.48. The van der Waals surface area contributed by atoms with E-state index in [1.165, 1.54) is 29.2 Å². The van der Waals surface area contributed by atoms with Crippen molar-refractivity contribution in [3.63, 3.8) is 0 Å². The van der Waals surface area contributed by atoms with Crippen LogP contribution in [-0.2, 0) is 16.4 Å². The molecule has 0 aliphatic rings. The van der Waals surface area contributed by atoms with Crippen LogP contribution < -0.4 is 5.14 Å². The molecule has 1 aromatic heterocycles. The van der Waals surface area contributed by atoms with Gasteiger partial charge in [0.1, 0.15) is 5.01 Å². The Kier molecular flexibility index (Phi) is 4.00. The lowest BCUT2D eigenvalue weighted by molar-refractivity contribution is 0.597. The zero-order valence-electron chi connectivity index (χ0n) is 9.53. The number of nitrogens with zero attached hydrogens (tertiary/aromatic N) is 2. The molecule has 0 saturated carbocycles. The van der Waals surface area contributed by atoms with Crippen molar-refractivity contribution in [2.24, 2.45) is 5.14 Å². The number of primary sulfonamides is 1. The second-order valence-electron chi connectivity index (χ2n) is 3.50. The molecule has 1 heterocycles. The van der Waals surface area contributed by atoms with Crippen LogP contribution in [0, 0.1) is 0 Å². The monoisotopic (exact) mass is 301 g/mol. The maximum absolute atomic E-state index is 11.4. The molecule has 0 spiro atoms. The van der Waals surface area contributed by atoms with Gasteiger partial charge in [-0.05, 0) is 17.9 Å². The van der Waals surface area contributed by atoms with Crippen LogP contribution in [0.5, 0.6) is 0 Å². The number of thioether (sulfide) groups is 1. The van der Waals surface area contributed by atoms with E-state index in [9.17, 15) is 8.42 Å². The fraction of sp³-hybridized carbons (Fsp3) is 0.200. The van der Waals surface area contributed by atoms with Gasteiger partial charge >= 0.3 is 0 Å². The summed E-state index contributed by atoms with van der Waals surface area (Å²) in [6.45, 7) is 0. The van der Waals surface area contributed by atoms with E-state index < -0.39 is 10.0 Å². The zero-order valence-corrected chi connectivity index (χ0v) is 12.0. The number of hydrogen-bond donors (Lipinski definition) is 1. The Balaban J connectivity index is 2.35. The third-order valence-electron chi connectivity index (χ3n) is 2.24. The first-order valence-electron chi connectivity index (χ1n) is 4.98. The molecule has 8 heteroatoms. The fourth-order valence-corrected chi connectivity index (χ4v) is 3.59. The molecule has 0 aliphatic heterocycles. The highest BCUT2D eigenvalue weighted by Crippen LogP contribution is 2.23. The molecule has 96 valence electrons. The van der Waals surface area contributed by atoms with E-state index in [2.05, 4.69) is 10.2 Å². The number of hydrogen-bond acceptors (Lipinski definition) is 6. The topological polar surface area (TPSA) is 85.9 Å². The molecular formula is C10H11N3O2S3. The van der Waals surface area contributed by atoms with Gasteiger partial charge in [-0.3, -0.25) is 0 Å². The van der Waals surface area contributed by atoms with Crippen molar-refractivity contribution in [2.45, 2.75) is 15.7 Å². The molecule has 18 heavy (non-hydrogen) atoms. The van der Waals surface area contributed by atoms with Crippen LogP contribution in [-0.4, -0.2) is 24.9 Å². The van der Waals surface area contributed by atoms with Gasteiger partial charge in [-0.25, -0.2) is 13.6 Å². The Bertz CT molecular complexity index is 652. The number of nitrogens with two attached hydrogens (primary N) is 1. The van der Waals surface area contributed by atoms with Crippen molar-refractivity contribution in [3.8, 4) is 0 Å². The Morgan fingerprint density at radius 1 is 1.33 bits per heavy atom. The van der Waals surface area contributed by atoms with Crippen molar-refractivity contribution >= 4 is 33.1 Å². The van der Waals surface area contributed by atoms with Crippen LogP contribution in [0.15, 0.2) is 33.5 Å². The Hall–Kier alpha value is -0.960. The van der Waals surface area contributed by atoms with E-state index >= 15 is 0 Å². The SMILES string of the molecule is CSc1nnc(Cc2ccccc2S(N)(=O)=O)s1. The molecule has 0 fully saturated rings. The van der Waals surface area contributed by atoms with E-state index in [1.54, 1.807) is 18.2 Å². The molecule has 5 nitrogen and oxygen atoms in total. The van der Waals surface area contributed by atoms with Crippen molar-refractivity contribution in [1.82, 2.24) is 10.2 Å². The van der Waals surface area contributed by atoms with Crippen LogP contribution in [0.25, 0.3) is 0 Å². The number of rotatable bonds is 4. The summed E-state index contributed by atoms with van der Waals surface area (Å²) < 4.78 is 23.8. The molecule has 0 amide bonds. The zero-order chi connectivity index (χ0) is 13.2. The minimum Gasteiger partial charge on any atom is -0.225 e. The number of sulfonamides is 1. The minimum absolute atomic E-state index is 0.144. The highest BCUT2D eigenvalue weighted by Gasteiger charge is 2.14. The number of aromatic nitrogens is 2. The Labute approximate surface area is 113 Å². The maximum atomic E-state index is 11.4. The van der Waals surface area contributed by atoms with Gasteiger partial charge in [-0.2, -0.15) is 0 Å². The standard InChI is InChI=1S/C10H11N3O2S3/c1-16-10-13-12-9(17-10)6-7-4-2-3-5-8(7)18(11,14)15/h2-5H,6H2,1H3,(H2,11,14,15). The molecule has 2 aromatic rings. The van der Waals surface area contributed by atoms with Crippen LogP contribution in [0.4, 0.5) is 0 Å². The van der Waals surface area contributed by atoms with Crippen LogP contribution in [0.2, 0.25) is 0 Å². The average molecular weight is 301 g/mol. The number of benzene rings is 1. The van der Waals surface area contributed by atoms with Crippen molar-refractivity contribution in [2.75, 3.05) is 6.26 Å². The predicted molar refractivity (Wildman–Crippen MR) is 72.3 cm³/mol. The average Bonchev–Trinajstić information content (AvgIpc) is 2.76. The van der Waals surface area contributed by atoms with Crippen molar-refractivity contribution in [1.29, 1.82) is 0 Å². The largest absolute Gasteiger partial charge is 0.238 e. The smallest absolute Gasteiger partial charge is 0.225 e. The van der Waals surface area contributed by atoms with Gasteiger partial charge in [0, 0.05) is 6.42 Å². The van der Waals surface area contributed by atoms with E-state index in [0.717, 1.165) is 9.35 Å². The first kappa shape index (κ1) is 13.5. The summed E-state index contributed by atoms with van der Waals surface area (Å²) >= 11 is 2.96. The quantitative estimate of drug-likeness (QED) is 0.865. The van der Waals surface area contributed by atoms with Gasteiger partial charge in [-0.15, -0.1) is 10.2 Å². The van der Waals surface area contributed by atoms with E-state index in [0.29, 0.717) is 12.0 Å². The highest BCUT2D eigenvalue weighted by molar-refractivity contribution is 8.00. The summed E-state index contributed by atoms with van der Waals surface area (Å²) in [5.41, 5.74) is 0.642. The molecule has 0 aliphatic carbocycles. The molecule has 2 N–H and O–H groups in total. The first-order chi connectivity index (χ1) is 8.50. The summed E-state index contributed by atoms with van der Waals surface area (Å²) in [6, 6.07) is 6.66. The molecular weight excluding hydrogens is 290 g/mol. The molecule has 0 saturated heterocycles. The van der Waals surface area contributed by atoms with Gasteiger partial charge in [0.2, 0.25) is 10.0 Å². The lowest BCUT2D eigenvalue weighted by Gasteiger charge is -2.04. The predicted octanol–water partition coefficient (Wildman–Crippen LogP) is 1.50. The molecule has 0 radical (unpaired) electrons. The summed E-state index contributed by atoms with van der Waals surface area (Å²) in [7, 11) is -3.70. The highest BCUT2D eigenvalue weighted by atomic mass is 32.2. The van der Waals surface area contributed by atoms with Gasteiger partial charge in [0.25, 0.3) is 0 Å². The van der Waals surface area contributed by atoms with E-state index in [4.69, 9.17) is 5.14 Å². The van der Waals surface area contributed by atoms with Crippen molar-refractivity contribution in [3.05, 3.63) is 34.8 Å². The van der Waals surface area contributed by atoms with Crippen molar-refractivity contribution < 1.29 is 8.42 Å². The Morgan fingerprint density at radius 3 is 2.67 bits per heavy atom. The van der Waals surface area contributed by atoms with Gasteiger partial charge in [0.15, 0.2) is 4.34 Å². The lowest BCUT2D eigenvalue weighted by Crippen LogP contribution is -2.14. The second-order valence-corrected chi connectivity index (χ2v) is 7.14. The van der Waals surface area contributed by atoms with E-state index in [1.807, 2.05) is 6.26 Å². The summed E-state index contributed by atoms with van der Waals surface area (Å²) in [5.74, 6) is 0. The van der Waals surface area contributed by atoms with E-state index in [-0.39, 0.29) is 4.90 Å². The molecule has 0 atom stereocenters.